The molecule has 1 aliphatic rings. The molecule has 0 saturated heterocycles. The van der Waals surface area contributed by atoms with Gasteiger partial charge in [0.05, 0.1) is 0 Å². The molecule has 3 nitrogen and oxygen atoms in total. The fraction of sp³-hybridized carbons (Fsp3) is 0.400. The van der Waals surface area contributed by atoms with Crippen LogP contribution in [-0.2, 0) is 0 Å². The van der Waals surface area contributed by atoms with Gasteiger partial charge in [0.2, 0.25) is 0 Å². The maximum atomic E-state index is 14.0. The molecule has 1 aromatic carbocycles. The van der Waals surface area contributed by atoms with E-state index in [0.717, 1.165) is 17.7 Å². The molecule has 2 atom stereocenters. The van der Waals surface area contributed by atoms with E-state index < -0.39 is 0 Å². The minimum atomic E-state index is -0.248. The summed E-state index contributed by atoms with van der Waals surface area (Å²) >= 11 is 0. The highest BCUT2D eigenvalue weighted by Crippen LogP contribution is 2.43. The molecule has 4 heteroatoms. The molecule has 1 aliphatic carbocycles. The first kappa shape index (κ1) is 12.2. The van der Waals surface area contributed by atoms with Crippen LogP contribution in [0.15, 0.2) is 24.3 Å². The Morgan fingerprint density at radius 2 is 2.11 bits per heavy atom. The molecule has 0 bridgehead atoms. The number of H-pyrrole nitrogens is 1. The number of hydrogen-bond donors (Lipinski definition) is 2. The third kappa shape index (κ3) is 2.01. The highest BCUT2D eigenvalue weighted by molar-refractivity contribution is 5.77. The van der Waals surface area contributed by atoms with Crippen molar-refractivity contribution in [3.8, 4) is 11.1 Å². The lowest BCUT2D eigenvalue weighted by Crippen LogP contribution is -2.04. The van der Waals surface area contributed by atoms with Gasteiger partial charge in [0, 0.05) is 22.7 Å². The minimum Gasteiger partial charge on any atom is -0.382 e. The van der Waals surface area contributed by atoms with Crippen LogP contribution in [0.2, 0.25) is 0 Å². The lowest BCUT2D eigenvalue weighted by atomic mass is 9.90. The average molecular weight is 259 g/mol. The summed E-state index contributed by atoms with van der Waals surface area (Å²) in [6, 6.07) is 6.74. The van der Waals surface area contributed by atoms with Gasteiger partial charge in [-0.25, -0.2) is 4.39 Å². The van der Waals surface area contributed by atoms with Crippen LogP contribution in [0, 0.1) is 11.7 Å². The van der Waals surface area contributed by atoms with Crippen LogP contribution in [0.5, 0.6) is 0 Å². The van der Waals surface area contributed by atoms with E-state index in [0.29, 0.717) is 23.2 Å². The molecule has 0 spiro atoms. The molecule has 1 heterocycles. The zero-order valence-electron chi connectivity index (χ0n) is 11.0. The number of hydrogen-bond acceptors (Lipinski definition) is 2. The molecule has 2 aromatic rings. The minimum absolute atomic E-state index is 0.248. The lowest BCUT2D eigenvalue weighted by molar-refractivity contribution is 0.522. The first-order valence-corrected chi connectivity index (χ1v) is 6.77. The van der Waals surface area contributed by atoms with Crippen LogP contribution in [0.25, 0.3) is 11.1 Å². The molecule has 1 aromatic heterocycles. The molecular formula is C15H18FN3. The van der Waals surface area contributed by atoms with Gasteiger partial charge in [-0.3, -0.25) is 5.10 Å². The largest absolute Gasteiger partial charge is 0.382 e. The first-order valence-electron chi connectivity index (χ1n) is 6.77. The zero-order chi connectivity index (χ0) is 13.4. The molecule has 0 aliphatic heterocycles. The Morgan fingerprint density at radius 1 is 1.32 bits per heavy atom. The Hall–Kier alpha value is -1.84. The van der Waals surface area contributed by atoms with Gasteiger partial charge < -0.3 is 5.73 Å². The van der Waals surface area contributed by atoms with Gasteiger partial charge in [0.15, 0.2) is 5.82 Å². The molecule has 3 N–H and O–H groups in total. The Kier molecular flexibility index (Phi) is 3.01. The summed E-state index contributed by atoms with van der Waals surface area (Å²) in [5, 5.41) is 7.13. The third-order valence-electron chi connectivity index (χ3n) is 4.20. The predicted molar refractivity (Wildman–Crippen MR) is 74.2 cm³/mol. The van der Waals surface area contributed by atoms with E-state index in [1.165, 1.54) is 18.9 Å². The van der Waals surface area contributed by atoms with Gasteiger partial charge in [0.25, 0.3) is 0 Å². The van der Waals surface area contributed by atoms with Crippen molar-refractivity contribution in [3.63, 3.8) is 0 Å². The number of aromatic nitrogens is 2. The monoisotopic (exact) mass is 259 g/mol. The summed E-state index contributed by atoms with van der Waals surface area (Å²) in [5.41, 5.74) is 8.23. The van der Waals surface area contributed by atoms with E-state index in [9.17, 15) is 4.39 Å². The molecule has 1 saturated carbocycles. The SMILES string of the molecule is CC1CCCC1c1[nH]nc(N)c1-c1ccccc1F. The third-order valence-corrected chi connectivity index (χ3v) is 4.20. The summed E-state index contributed by atoms with van der Waals surface area (Å²) in [4.78, 5) is 0. The van der Waals surface area contributed by atoms with E-state index in [1.54, 1.807) is 12.1 Å². The maximum absolute atomic E-state index is 14.0. The van der Waals surface area contributed by atoms with Crippen LogP contribution >= 0.6 is 0 Å². The standard InChI is InChI=1S/C15H18FN3/c1-9-5-4-7-10(9)14-13(15(17)19-18-14)11-6-2-3-8-12(11)16/h2-3,6,8-10H,4-5,7H2,1H3,(H3,17,18,19). The van der Waals surface area contributed by atoms with Crippen molar-refractivity contribution in [2.75, 3.05) is 5.73 Å². The highest BCUT2D eigenvalue weighted by atomic mass is 19.1. The summed E-state index contributed by atoms with van der Waals surface area (Å²) < 4.78 is 14.0. The number of anilines is 1. The molecule has 2 unspecified atom stereocenters. The first-order chi connectivity index (χ1) is 9.18. The Morgan fingerprint density at radius 3 is 2.79 bits per heavy atom. The van der Waals surface area contributed by atoms with E-state index in [2.05, 4.69) is 17.1 Å². The summed E-state index contributed by atoms with van der Waals surface area (Å²) in [6.07, 6.45) is 3.53. The Labute approximate surface area is 112 Å². The van der Waals surface area contributed by atoms with Gasteiger partial charge in [0.1, 0.15) is 5.82 Å². The van der Waals surface area contributed by atoms with Crippen molar-refractivity contribution >= 4 is 5.82 Å². The van der Waals surface area contributed by atoms with Gasteiger partial charge in [-0.1, -0.05) is 38.0 Å². The van der Waals surface area contributed by atoms with Crippen molar-refractivity contribution in [3.05, 3.63) is 35.8 Å². The van der Waals surface area contributed by atoms with E-state index in [-0.39, 0.29) is 5.82 Å². The molecule has 0 amide bonds. The van der Waals surface area contributed by atoms with Gasteiger partial charge in [-0.15, -0.1) is 0 Å². The van der Waals surface area contributed by atoms with Gasteiger partial charge >= 0.3 is 0 Å². The van der Waals surface area contributed by atoms with Gasteiger partial charge in [-0.05, 0) is 18.4 Å². The van der Waals surface area contributed by atoms with Crippen molar-refractivity contribution < 1.29 is 4.39 Å². The smallest absolute Gasteiger partial charge is 0.153 e. The van der Waals surface area contributed by atoms with E-state index >= 15 is 0 Å². The van der Waals surface area contributed by atoms with Crippen LogP contribution in [0.1, 0.15) is 37.8 Å². The van der Waals surface area contributed by atoms with E-state index in [1.807, 2.05) is 6.07 Å². The van der Waals surface area contributed by atoms with Crippen molar-refractivity contribution in [1.82, 2.24) is 10.2 Å². The molecule has 3 rings (SSSR count). The second kappa shape index (κ2) is 4.68. The predicted octanol–water partition coefficient (Wildman–Crippen LogP) is 3.70. The number of benzene rings is 1. The molecule has 0 radical (unpaired) electrons. The number of nitrogens with zero attached hydrogens (tertiary/aromatic N) is 1. The quantitative estimate of drug-likeness (QED) is 0.864. The van der Waals surface area contributed by atoms with Crippen molar-refractivity contribution in [2.24, 2.45) is 5.92 Å². The molecular weight excluding hydrogens is 241 g/mol. The number of nitrogens with one attached hydrogen (secondary N) is 1. The number of rotatable bonds is 2. The summed E-state index contributed by atoms with van der Waals surface area (Å²) in [6.45, 7) is 2.24. The van der Waals surface area contributed by atoms with Crippen LogP contribution in [-0.4, -0.2) is 10.2 Å². The van der Waals surface area contributed by atoms with Crippen molar-refractivity contribution in [1.29, 1.82) is 0 Å². The molecule has 1 fully saturated rings. The molecule has 100 valence electrons. The van der Waals surface area contributed by atoms with Gasteiger partial charge in [-0.2, -0.15) is 5.10 Å². The number of aromatic amines is 1. The van der Waals surface area contributed by atoms with Crippen LogP contribution < -0.4 is 5.73 Å². The number of halogens is 1. The van der Waals surface area contributed by atoms with E-state index in [4.69, 9.17) is 5.73 Å². The zero-order valence-corrected chi connectivity index (χ0v) is 11.0. The highest BCUT2D eigenvalue weighted by Gasteiger charge is 2.30. The fourth-order valence-corrected chi connectivity index (χ4v) is 3.16. The summed E-state index contributed by atoms with van der Waals surface area (Å²) in [5.74, 6) is 1.13. The van der Waals surface area contributed by atoms with Crippen LogP contribution in [0.3, 0.4) is 0 Å². The normalized spacial score (nSPS) is 22.8. The second-order valence-electron chi connectivity index (χ2n) is 5.39. The summed E-state index contributed by atoms with van der Waals surface area (Å²) in [7, 11) is 0. The lowest BCUT2D eigenvalue weighted by Gasteiger charge is -2.16. The fourth-order valence-electron chi connectivity index (χ4n) is 3.16. The van der Waals surface area contributed by atoms with Crippen LogP contribution in [0.4, 0.5) is 10.2 Å². The average Bonchev–Trinajstić information content (AvgIpc) is 2.96. The topological polar surface area (TPSA) is 54.7 Å². The number of nitrogen functional groups attached to an aromatic ring is 1. The molecule has 19 heavy (non-hydrogen) atoms. The number of nitrogens with two attached hydrogens (primary N) is 1. The maximum Gasteiger partial charge on any atom is 0.153 e. The Balaban J connectivity index is 2.11. The second-order valence-corrected chi connectivity index (χ2v) is 5.39. The Bertz CT molecular complexity index is 591. The van der Waals surface area contributed by atoms with Crippen molar-refractivity contribution in [2.45, 2.75) is 32.1 Å².